The lowest BCUT2D eigenvalue weighted by Crippen LogP contribution is -1.81. The molecule has 0 amide bonds. The number of aromatic nitrogens is 3. The molecular formula is C10H8N4OS2. The second-order valence-electron chi connectivity index (χ2n) is 3.33. The van der Waals surface area contributed by atoms with Crippen molar-refractivity contribution >= 4 is 40.1 Å². The molecule has 7 heteroatoms. The Morgan fingerprint density at radius 3 is 3.18 bits per heavy atom. The molecule has 0 fully saturated rings. The summed E-state index contributed by atoms with van der Waals surface area (Å²) in [4.78, 5) is 8.45. The van der Waals surface area contributed by atoms with Crippen molar-refractivity contribution in [2.75, 3.05) is 5.73 Å². The Balaban J connectivity index is 1.81. The number of oxazole rings is 1. The van der Waals surface area contributed by atoms with E-state index in [1.165, 1.54) is 11.5 Å². The Hall–Kier alpha value is -1.60. The van der Waals surface area contributed by atoms with E-state index in [2.05, 4.69) is 14.3 Å². The van der Waals surface area contributed by atoms with E-state index < -0.39 is 0 Å². The van der Waals surface area contributed by atoms with Crippen LogP contribution in [0.4, 0.5) is 5.69 Å². The first kappa shape index (κ1) is 10.5. The van der Waals surface area contributed by atoms with Gasteiger partial charge in [0.15, 0.2) is 9.92 Å². The first-order valence-electron chi connectivity index (χ1n) is 4.86. The highest BCUT2D eigenvalue weighted by Crippen LogP contribution is 2.25. The fourth-order valence-corrected chi connectivity index (χ4v) is 2.69. The van der Waals surface area contributed by atoms with Crippen LogP contribution < -0.4 is 5.73 Å². The lowest BCUT2D eigenvalue weighted by atomic mass is 10.3. The highest BCUT2D eigenvalue weighted by Gasteiger charge is 2.07. The molecule has 0 aliphatic heterocycles. The minimum atomic E-state index is 0.643. The first-order valence-corrected chi connectivity index (χ1v) is 6.61. The smallest absolute Gasteiger partial charge is 0.205 e. The van der Waals surface area contributed by atoms with Gasteiger partial charge in [0, 0.05) is 11.8 Å². The van der Waals surface area contributed by atoms with E-state index in [4.69, 9.17) is 10.2 Å². The molecule has 0 unspecified atom stereocenters. The SMILES string of the molecule is Nc1ccc2nc(CSc3ncns3)oc2c1. The predicted molar refractivity (Wildman–Crippen MR) is 67.9 cm³/mol. The molecule has 0 atom stereocenters. The quantitative estimate of drug-likeness (QED) is 0.578. The predicted octanol–water partition coefficient (Wildman–Crippen LogP) is 2.55. The number of fused-ring (bicyclic) bond motifs is 1. The molecule has 0 saturated carbocycles. The number of nitrogens with zero attached hydrogens (tertiary/aromatic N) is 3. The van der Waals surface area contributed by atoms with Crippen LogP contribution in [0.2, 0.25) is 0 Å². The number of nitrogens with two attached hydrogens (primary N) is 1. The van der Waals surface area contributed by atoms with Crippen molar-refractivity contribution in [3.05, 3.63) is 30.4 Å². The third-order valence-electron chi connectivity index (χ3n) is 2.12. The van der Waals surface area contributed by atoms with Crippen molar-refractivity contribution in [2.24, 2.45) is 0 Å². The highest BCUT2D eigenvalue weighted by molar-refractivity contribution is 8.00. The van der Waals surface area contributed by atoms with Gasteiger partial charge in [0.25, 0.3) is 0 Å². The topological polar surface area (TPSA) is 77.8 Å². The lowest BCUT2D eigenvalue weighted by molar-refractivity contribution is 0.556. The highest BCUT2D eigenvalue weighted by atomic mass is 32.2. The van der Waals surface area contributed by atoms with E-state index in [1.807, 2.05) is 12.1 Å². The Morgan fingerprint density at radius 1 is 1.41 bits per heavy atom. The Morgan fingerprint density at radius 2 is 2.35 bits per heavy atom. The molecule has 0 spiro atoms. The first-order chi connectivity index (χ1) is 8.31. The number of nitrogen functional groups attached to an aromatic ring is 1. The van der Waals surface area contributed by atoms with Gasteiger partial charge in [-0.05, 0) is 23.7 Å². The lowest BCUT2D eigenvalue weighted by Gasteiger charge is -1.90. The average Bonchev–Trinajstić information content (AvgIpc) is 2.94. The maximum absolute atomic E-state index is 5.67. The van der Waals surface area contributed by atoms with E-state index in [0.717, 1.165) is 15.4 Å². The van der Waals surface area contributed by atoms with Crippen molar-refractivity contribution in [3.8, 4) is 0 Å². The van der Waals surface area contributed by atoms with Crippen molar-refractivity contribution in [2.45, 2.75) is 10.1 Å². The van der Waals surface area contributed by atoms with Gasteiger partial charge in [0.1, 0.15) is 11.8 Å². The summed E-state index contributed by atoms with van der Waals surface area (Å²) in [5.74, 6) is 1.31. The summed E-state index contributed by atoms with van der Waals surface area (Å²) in [6.07, 6.45) is 1.54. The summed E-state index contributed by atoms with van der Waals surface area (Å²) >= 11 is 2.92. The molecule has 2 heterocycles. The molecule has 0 radical (unpaired) electrons. The normalized spacial score (nSPS) is 11.1. The van der Waals surface area contributed by atoms with E-state index in [1.54, 1.807) is 24.2 Å². The van der Waals surface area contributed by atoms with Gasteiger partial charge in [-0.2, -0.15) is 4.37 Å². The standard InChI is InChI=1S/C10H8N4OS2/c11-6-1-2-7-8(3-6)15-9(14-7)4-16-10-12-5-13-17-10/h1-3,5H,4,11H2. The van der Waals surface area contributed by atoms with Crippen LogP contribution in [0.1, 0.15) is 5.89 Å². The molecule has 2 N–H and O–H groups in total. The minimum Gasteiger partial charge on any atom is -0.440 e. The third-order valence-corrected chi connectivity index (χ3v) is 3.90. The second kappa shape index (κ2) is 4.34. The fourth-order valence-electron chi connectivity index (χ4n) is 1.40. The van der Waals surface area contributed by atoms with Gasteiger partial charge in [0.05, 0.1) is 5.75 Å². The number of hydrogen-bond donors (Lipinski definition) is 1. The van der Waals surface area contributed by atoms with Crippen LogP contribution in [0.5, 0.6) is 0 Å². The molecule has 17 heavy (non-hydrogen) atoms. The Labute approximate surface area is 105 Å². The van der Waals surface area contributed by atoms with Crippen molar-refractivity contribution in [1.82, 2.24) is 14.3 Å². The second-order valence-corrected chi connectivity index (χ2v) is 5.33. The van der Waals surface area contributed by atoms with Crippen LogP contribution in [0.25, 0.3) is 11.1 Å². The zero-order chi connectivity index (χ0) is 11.7. The van der Waals surface area contributed by atoms with Gasteiger partial charge in [-0.15, -0.1) is 0 Å². The number of anilines is 1. The molecule has 0 bridgehead atoms. The van der Waals surface area contributed by atoms with Crippen LogP contribution in [-0.2, 0) is 5.75 Å². The molecule has 86 valence electrons. The molecule has 1 aromatic carbocycles. The fraction of sp³-hybridized carbons (Fsp3) is 0.100. The maximum atomic E-state index is 5.67. The van der Waals surface area contributed by atoms with Gasteiger partial charge < -0.3 is 10.2 Å². The summed E-state index contributed by atoms with van der Waals surface area (Å²) in [5, 5.41) is 0. The number of benzene rings is 1. The average molecular weight is 264 g/mol. The van der Waals surface area contributed by atoms with Crippen LogP contribution in [0.15, 0.2) is 33.3 Å². The molecule has 5 nitrogen and oxygen atoms in total. The van der Waals surface area contributed by atoms with Crippen molar-refractivity contribution in [3.63, 3.8) is 0 Å². The van der Waals surface area contributed by atoms with Gasteiger partial charge >= 0.3 is 0 Å². The minimum absolute atomic E-state index is 0.643. The number of rotatable bonds is 3. The van der Waals surface area contributed by atoms with Crippen molar-refractivity contribution in [1.29, 1.82) is 0 Å². The Kier molecular flexibility index (Phi) is 2.69. The monoisotopic (exact) mass is 264 g/mol. The molecule has 0 aliphatic carbocycles. The number of thioether (sulfide) groups is 1. The van der Waals surface area contributed by atoms with Crippen LogP contribution in [-0.4, -0.2) is 14.3 Å². The summed E-state index contributed by atoms with van der Waals surface area (Å²) < 4.78 is 10.4. The summed E-state index contributed by atoms with van der Waals surface area (Å²) in [7, 11) is 0. The van der Waals surface area contributed by atoms with Crippen molar-refractivity contribution < 1.29 is 4.42 Å². The van der Waals surface area contributed by atoms with Crippen LogP contribution in [0.3, 0.4) is 0 Å². The third kappa shape index (κ3) is 2.25. The molecule has 2 aromatic heterocycles. The summed E-state index contributed by atoms with van der Waals surface area (Å²) in [5.41, 5.74) is 7.90. The molecule has 0 aliphatic rings. The summed E-state index contributed by atoms with van der Waals surface area (Å²) in [6, 6.07) is 5.45. The van der Waals surface area contributed by atoms with E-state index in [-0.39, 0.29) is 0 Å². The molecular weight excluding hydrogens is 256 g/mol. The number of hydrogen-bond acceptors (Lipinski definition) is 7. The zero-order valence-corrected chi connectivity index (χ0v) is 10.3. The van der Waals surface area contributed by atoms with E-state index in [9.17, 15) is 0 Å². The molecule has 3 rings (SSSR count). The van der Waals surface area contributed by atoms with Gasteiger partial charge in [-0.3, -0.25) is 0 Å². The van der Waals surface area contributed by atoms with E-state index in [0.29, 0.717) is 17.3 Å². The Bertz CT molecular complexity index is 635. The molecule has 3 aromatic rings. The van der Waals surface area contributed by atoms with Crippen LogP contribution in [0, 0.1) is 0 Å². The zero-order valence-electron chi connectivity index (χ0n) is 8.66. The van der Waals surface area contributed by atoms with Gasteiger partial charge in [-0.1, -0.05) is 11.8 Å². The van der Waals surface area contributed by atoms with Gasteiger partial charge in [0.2, 0.25) is 5.89 Å². The summed E-state index contributed by atoms with van der Waals surface area (Å²) in [6.45, 7) is 0. The van der Waals surface area contributed by atoms with Crippen LogP contribution >= 0.6 is 23.3 Å². The maximum Gasteiger partial charge on any atom is 0.205 e. The van der Waals surface area contributed by atoms with E-state index >= 15 is 0 Å². The largest absolute Gasteiger partial charge is 0.440 e. The molecule has 0 saturated heterocycles. The van der Waals surface area contributed by atoms with Gasteiger partial charge in [-0.25, -0.2) is 9.97 Å².